The van der Waals surface area contributed by atoms with E-state index in [0.29, 0.717) is 26.2 Å². The topological polar surface area (TPSA) is 38.7 Å². The fourth-order valence-corrected chi connectivity index (χ4v) is 2.28. The van der Waals surface area contributed by atoms with Crippen LogP contribution in [0.2, 0.25) is 0 Å². The number of aliphatic hydroxyl groups is 1. The molecule has 1 aromatic rings. The van der Waals surface area contributed by atoms with Gasteiger partial charge in [-0.2, -0.15) is 0 Å². The molecule has 19 heavy (non-hydrogen) atoms. The number of rotatable bonds is 6. The third-order valence-corrected chi connectivity index (χ3v) is 3.52. The van der Waals surface area contributed by atoms with Gasteiger partial charge in [-0.3, -0.25) is 0 Å². The second kappa shape index (κ2) is 7.43. The molecule has 3 atom stereocenters. The lowest BCUT2D eigenvalue weighted by atomic mass is 9.94. The Morgan fingerprint density at radius 2 is 2.16 bits per heavy atom. The summed E-state index contributed by atoms with van der Waals surface area (Å²) in [5.74, 6) is 0.0708. The molecule has 0 saturated carbocycles. The van der Waals surface area contributed by atoms with E-state index in [4.69, 9.17) is 9.47 Å². The standard InChI is InChI=1S/C16H22O3/c1-2-14-12-19-15(10-16(14)17)8-9-18-11-13-6-4-3-5-7-13/h2-7,14-17H,1,8-12H2/t14-,15+,16+/m0/s1. The SMILES string of the molecule is C=C[C@H]1CO[C@H](CCOCc2ccccc2)C[C@H]1O. The molecule has 0 bridgehead atoms. The van der Waals surface area contributed by atoms with E-state index in [1.54, 1.807) is 6.08 Å². The zero-order valence-electron chi connectivity index (χ0n) is 11.2. The summed E-state index contributed by atoms with van der Waals surface area (Å²) in [5.41, 5.74) is 1.18. The number of ether oxygens (including phenoxy) is 2. The average molecular weight is 262 g/mol. The minimum Gasteiger partial charge on any atom is -0.392 e. The molecular formula is C16H22O3. The first-order valence-electron chi connectivity index (χ1n) is 6.83. The molecule has 1 aliphatic rings. The zero-order chi connectivity index (χ0) is 13.5. The Morgan fingerprint density at radius 3 is 2.84 bits per heavy atom. The van der Waals surface area contributed by atoms with E-state index in [0.717, 1.165) is 6.42 Å². The molecule has 104 valence electrons. The van der Waals surface area contributed by atoms with E-state index < -0.39 is 0 Å². The summed E-state index contributed by atoms with van der Waals surface area (Å²) in [4.78, 5) is 0. The summed E-state index contributed by atoms with van der Waals surface area (Å²) in [6, 6.07) is 10.1. The van der Waals surface area contributed by atoms with Crippen LogP contribution in [-0.2, 0) is 16.1 Å². The van der Waals surface area contributed by atoms with Gasteiger partial charge in [-0.1, -0.05) is 36.4 Å². The van der Waals surface area contributed by atoms with Gasteiger partial charge in [-0.25, -0.2) is 0 Å². The molecule has 0 radical (unpaired) electrons. The maximum Gasteiger partial charge on any atom is 0.0716 e. The van der Waals surface area contributed by atoms with Gasteiger partial charge >= 0.3 is 0 Å². The molecule has 1 N–H and O–H groups in total. The highest BCUT2D eigenvalue weighted by Gasteiger charge is 2.27. The van der Waals surface area contributed by atoms with Crippen LogP contribution >= 0.6 is 0 Å². The lowest BCUT2D eigenvalue weighted by molar-refractivity contribution is -0.0792. The molecule has 3 nitrogen and oxygen atoms in total. The summed E-state index contributed by atoms with van der Waals surface area (Å²) in [6.45, 7) is 5.56. The normalized spacial score (nSPS) is 27.1. The van der Waals surface area contributed by atoms with Gasteiger partial charge in [0.1, 0.15) is 0 Å². The Bertz CT molecular complexity index is 377. The van der Waals surface area contributed by atoms with Crippen molar-refractivity contribution in [2.45, 2.75) is 31.7 Å². The van der Waals surface area contributed by atoms with E-state index in [1.165, 1.54) is 5.56 Å². The second-order valence-electron chi connectivity index (χ2n) is 4.98. The summed E-state index contributed by atoms with van der Waals surface area (Å²) in [7, 11) is 0. The molecule has 1 saturated heterocycles. The van der Waals surface area contributed by atoms with Crippen LogP contribution in [0.5, 0.6) is 0 Å². The molecule has 2 rings (SSSR count). The third-order valence-electron chi connectivity index (χ3n) is 3.52. The number of aliphatic hydroxyl groups excluding tert-OH is 1. The molecule has 0 amide bonds. The van der Waals surface area contributed by atoms with Gasteiger partial charge in [0.05, 0.1) is 25.4 Å². The largest absolute Gasteiger partial charge is 0.392 e. The van der Waals surface area contributed by atoms with Crippen molar-refractivity contribution in [1.29, 1.82) is 0 Å². The summed E-state index contributed by atoms with van der Waals surface area (Å²) in [5, 5.41) is 9.88. The first-order valence-corrected chi connectivity index (χ1v) is 6.83. The summed E-state index contributed by atoms with van der Waals surface area (Å²) in [6.07, 6.45) is 3.04. The van der Waals surface area contributed by atoms with Crippen molar-refractivity contribution in [2.24, 2.45) is 5.92 Å². The van der Waals surface area contributed by atoms with Crippen LogP contribution in [0.15, 0.2) is 43.0 Å². The fourth-order valence-electron chi connectivity index (χ4n) is 2.28. The second-order valence-corrected chi connectivity index (χ2v) is 4.98. The first-order chi connectivity index (χ1) is 9.29. The van der Waals surface area contributed by atoms with Crippen molar-refractivity contribution in [3.05, 3.63) is 48.6 Å². The third kappa shape index (κ3) is 4.46. The highest BCUT2D eigenvalue weighted by Crippen LogP contribution is 2.22. The van der Waals surface area contributed by atoms with Crippen molar-refractivity contribution in [2.75, 3.05) is 13.2 Å². The Hall–Kier alpha value is -1.16. The molecule has 0 aromatic heterocycles. The molecule has 1 fully saturated rings. The Morgan fingerprint density at radius 1 is 1.37 bits per heavy atom. The molecule has 0 aliphatic carbocycles. The minimum absolute atomic E-state index is 0.0708. The van der Waals surface area contributed by atoms with Crippen LogP contribution in [-0.4, -0.2) is 30.5 Å². The highest BCUT2D eigenvalue weighted by molar-refractivity contribution is 5.13. The van der Waals surface area contributed by atoms with Crippen molar-refractivity contribution in [1.82, 2.24) is 0 Å². The Balaban J connectivity index is 1.63. The predicted octanol–water partition coefficient (Wildman–Crippen LogP) is 2.55. The average Bonchev–Trinajstić information content (AvgIpc) is 2.45. The minimum atomic E-state index is -0.328. The van der Waals surface area contributed by atoms with E-state index >= 15 is 0 Å². The fraction of sp³-hybridized carbons (Fsp3) is 0.500. The molecular weight excluding hydrogens is 240 g/mol. The van der Waals surface area contributed by atoms with Crippen molar-refractivity contribution in [3.8, 4) is 0 Å². The molecule has 1 heterocycles. The monoisotopic (exact) mass is 262 g/mol. The lowest BCUT2D eigenvalue weighted by Crippen LogP contribution is -2.36. The molecule has 1 aliphatic heterocycles. The maximum absolute atomic E-state index is 9.88. The van der Waals surface area contributed by atoms with Gasteiger partial charge in [0.25, 0.3) is 0 Å². The number of hydrogen-bond acceptors (Lipinski definition) is 3. The Kier molecular flexibility index (Phi) is 5.58. The van der Waals surface area contributed by atoms with E-state index in [2.05, 4.69) is 18.7 Å². The maximum atomic E-state index is 9.88. The highest BCUT2D eigenvalue weighted by atomic mass is 16.5. The number of hydrogen-bond donors (Lipinski definition) is 1. The van der Waals surface area contributed by atoms with Crippen LogP contribution in [0.4, 0.5) is 0 Å². The van der Waals surface area contributed by atoms with Gasteiger partial charge in [0.2, 0.25) is 0 Å². The number of benzene rings is 1. The summed E-state index contributed by atoms with van der Waals surface area (Å²) < 4.78 is 11.3. The quantitative estimate of drug-likeness (QED) is 0.632. The van der Waals surface area contributed by atoms with Gasteiger partial charge in [0, 0.05) is 18.9 Å². The van der Waals surface area contributed by atoms with Crippen LogP contribution in [0.25, 0.3) is 0 Å². The van der Waals surface area contributed by atoms with Crippen LogP contribution in [0.3, 0.4) is 0 Å². The van der Waals surface area contributed by atoms with E-state index in [9.17, 15) is 5.11 Å². The van der Waals surface area contributed by atoms with Crippen LogP contribution < -0.4 is 0 Å². The summed E-state index contributed by atoms with van der Waals surface area (Å²) >= 11 is 0. The van der Waals surface area contributed by atoms with Gasteiger partial charge in [-0.15, -0.1) is 6.58 Å². The van der Waals surface area contributed by atoms with Crippen LogP contribution in [0, 0.1) is 5.92 Å². The van der Waals surface area contributed by atoms with Gasteiger partial charge in [0.15, 0.2) is 0 Å². The van der Waals surface area contributed by atoms with Crippen molar-refractivity contribution in [3.63, 3.8) is 0 Å². The van der Waals surface area contributed by atoms with Crippen molar-refractivity contribution >= 4 is 0 Å². The first kappa shape index (κ1) is 14.3. The molecule has 0 unspecified atom stereocenters. The van der Waals surface area contributed by atoms with Gasteiger partial charge in [-0.05, 0) is 12.0 Å². The van der Waals surface area contributed by atoms with Crippen molar-refractivity contribution < 1.29 is 14.6 Å². The van der Waals surface area contributed by atoms with Gasteiger partial charge < -0.3 is 14.6 Å². The zero-order valence-corrected chi connectivity index (χ0v) is 11.2. The lowest BCUT2D eigenvalue weighted by Gasteiger charge is -2.31. The molecule has 0 spiro atoms. The van der Waals surface area contributed by atoms with E-state index in [1.807, 2.05) is 18.2 Å². The Labute approximate surface area is 114 Å². The molecule has 3 heteroatoms. The van der Waals surface area contributed by atoms with Crippen LogP contribution in [0.1, 0.15) is 18.4 Å². The predicted molar refractivity (Wildman–Crippen MR) is 74.8 cm³/mol. The smallest absolute Gasteiger partial charge is 0.0716 e. The molecule has 1 aromatic carbocycles. The van der Waals surface area contributed by atoms with E-state index in [-0.39, 0.29) is 18.1 Å².